The van der Waals surface area contributed by atoms with Crippen LogP contribution >= 0.6 is 0 Å². The molecule has 0 bridgehead atoms. The minimum absolute atomic E-state index is 0.0289. The maximum atomic E-state index is 14.4. The number of anilines is 1. The quantitative estimate of drug-likeness (QED) is 0.215. The van der Waals surface area contributed by atoms with E-state index >= 15 is 0 Å². The Labute approximate surface area is 267 Å². The number of carboxylic acid groups (broad SMARTS) is 1. The molecule has 2 aliphatic carbocycles. The minimum atomic E-state index is -5.04. The van der Waals surface area contributed by atoms with Crippen molar-refractivity contribution in [3.05, 3.63) is 65.7 Å². The van der Waals surface area contributed by atoms with Crippen LogP contribution in [-0.4, -0.2) is 57.6 Å². The van der Waals surface area contributed by atoms with Gasteiger partial charge in [-0.15, -0.1) is 13.2 Å². The standard InChI is InChI=1S/C34H33F3N2O8/c1-33-24(30(44)39(32(33)46)18-8-4-2-5-9-18)17-22-20(28(33)23-16-19(11-14-25(23)40)47-34(35,36)37)12-13-21-27(22)31(45)38(29(21)43)15-7-3-6-10-26(41)42/h2,4-5,8-9,11-12,14,16,21-22,24,27-28,40H,3,6-7,10,13,15,17H2,1H3,(H,41,42)/t21-,22+,24-,27-,28+,33+/m0/s1. The van der Waals surface area contributed by atoms with E-state index in [4.69, 9.17) is 5.11 Å². The van der Waals surface area contributed by atoms with Crippen LogP contribution < -0.4 is 9.64 Å². The summed E-state index contributed by atoms with van der Waals surface area (Å²) in [5, 5.41) is 20.0. The molecule has 6 atom stereocenters. The topological polar surface area (TPSA) is 142 Å². The van der Waals surface area contributed by atoms with Crippen molar-refractivity contribution in [1.82, 2.24) is 4.90 Å². The highest BCUT2D eigenvalue weighted by Crippen LogP contribution is 2.64. The van der Waals surface area contributed by atoms with Crippen molar-refractivity contribution in [2.24, 2.45) is 29.1 Å². The third-order valence-electron chi connectivity index (χ3n) is 10.2. The Balaban J connectivity index is 1.42. The number of amides is 4. The summed E-state index contributed by atoms with van der Waals surface area (Å²) in [4.78, 5) is 69.1. The number of alkyl halides is 3. The lowest BCUT2D eigenvalue weighted by Crippen LogP contribution is -2.49. The molecule has 2 saturated heterocycles. The van der Waals surface area contributed by atoms with Gasteiger partial charge in [-0.05, 0) is 68.9 Å². The van der Waals surface area contributed by atoms with E-state index in [0.717, 1.165) is 23.1 Å². The Bertz CT molecular complexity index is 1670. The molecule has 4 amide bonds. The number of carbonyl (C=O) groups is 5. The largest absolute Gasteiger partial charge is 0.573 e. The summed E-state index contributed by atoms with van der Waals surface area (Å²) >= 11 is 0. The number of nitrogens with zero attached hydrogens (tertiary/aromatic N) is 2. The molecule has 2 aliphatic heterocycles. The molecular formula is C34H33F3N2O8. The number of benzene rings is 2. The van der Waals surface area contributed by atoms with Crippen LogP contribution in [0, 0.1) is 29.1 Å². The molecule has 248 valence electrons. The predicted octanol–water partition coefficient (Wildman–Crippen LogP) is 5.17. The van der Waals surface area contributed by atoms with E-state index in [2.05, 4.69) is 4.74 Å². The van der Waals surface area contributed by atoms with Crippen molar-refractivity contribution >= 4 is 35.3 Å². The smallest absolute Gasteiger partial charge is 0.508 e. The number of imide groups is 2. The second-order valence-corrected chi connectivity index (χ2v) is 12.8. The number of carbonyl (C=O) groups excluding carboxylic acids is 4. The molecular weight excluding hydrogens is 621 g/mol. The number of aromatic hydroxyl groups is 1. The first kappa shape index (κ1) is 32.3. The molecule has 10 nitrogen and oxygen atoms in total. The van der Waals surface area contributed by atoms with Crippen LogP contribution in [-0.2, 0) is 24.0 Å². The van der Waals surface area contributed by atoms with Gasteiger partial charge in [-0.1, -0.05) is 36.3 Å². The van der Waals surface area contributed by atoms with E-state index in [-0.39, 0.29) is 37.3 Å². The molecule has 0 unspecified atom stereocenters. The van der Waals surface area contributed by atoms with E-state index in [1.807, 2.05) is 0 Å². The van der Waals surface area contributed by atoms with E-state index in [1.54, 1.807) is 43.3 Å². The van der Waals surface area contributed by atoms with E-state index in [9.17, 15) is 42.3 Å². The number of rotatable bonds is 9. The van der Waals surface area contributed by atoms with E-state index in [1.165, 1.54) is 4.90 Å². The molecule has 13 heteroatoms. The van der Waals surface area contributed by atoms with Gasteiger partial charge in [0.05, 0.1) is 28.9 Å². The van der Waals surface area contributed by atoms with E-state index < -0.39 is 76.6 Å². The zero-order valence-corrected chi connectivity index (χ0v) is 25.4. The number of likely N-dealkylation sites (tertiary alicyclic amines) is 1. The van der Waals surface area contributed by atoms with Gasteiger partial charge in [0, 0.05) is 24.4 Å². The van der Waals surface area contributed by atoms with Gasteiger partial charge >= 0.3 is 12.3 Å². The molecule has 6 rings (SSSR count). The monoisotopic (exact) mass is 654 g/mol. The maximum Gasteiger partial charge on any atom is 0.573 e. The summed E-state index contributed by atoms with van der Waals surface area (Å²) in [6.07, 6.45) is -1.87. The zero-order valence-electron chi connectivity index (χ0n) is 25.4. The number of phenols is 1. The highest BCUT2D eigenvalue weighted by molar-refractivity contribution is 6.24. The lowest BCUT2D eigenvalue weighted by molar-refractivity contribution is -0.274. The van der Waals surface area contributed by atoms with E-state index in [0.29, 0.717) is 30.5 Å². The normalized spacial score (nSPS) is 28.6. The first-order valence-electron chi connectivity index (χ1n) is 15.5. The Morgan fingerprint density at radius 3 is 2.38 bits per heavy atom. The van der Waals surface area contributed by atoms with Crippen LogP contribution in [0.5, 0.6) is 11.5 Å². The number of aliphatic carboxylic acids is 1. The fraction of sp³-hybridized carbons (Fsp3) is 0.441. The lowest BCUT2D eigenvalue weighted by Gasteiger charge is -2.49. The van der Waals surface area contributed by atoms with Crippen molar-refractivity contribution in [3.63, 3.8) is 0 Å². The van der Waals surface area contributed by atoms with Crippen LogP contribution in [0.15, 0.2) is 60.2 Å². The van der Waals surface area contributed by atoms with Gasteiger partial charge in [-0.3, -0.25) is 28.9 Å². The van der Waals surface area contributed by atoms with Crippen molar-refractivity contribution in [2.45, 2.75) is 57.7 Å². The second-order valence-electron chi connectivity index (χ2n) is 12.8. The number of hydrogen-bond donors (Lipinski definition) is 2. The Hall–Kier alpha value is -4.68. The lowest BCUT2D eigenvalue weighted by atomic mass is 9.51. The number of ether oxygens (including phenoxy) is 1. The summed E-state index contributed by atoms with van der Waals surface area (Å²) in [5.74, 6) is -8.39. The van der Waals surface area contributed by atoms with Crippen LogP contribution in [0.2, 0.25) is 0 Å². The first-order valence-corrected chi connectivity index (χ1v) is 15.5. The summed E-state index contributed by atoms with van der Waals surface area (Å²) < 4.78 is 43.9. The number of allylic oxidation sites excluding steroid dienone is 2. The van der Waals surface area contributed by atoms with Crippen LogP contribution in [0.25, 0.3) is 0 Å². The third kappa shape index (κ3) is 5.44. The fourth-order valence-electron chi connectivity index (χ4n) is 8.15. The molecule has 4 aliphatic rings. The summed E-state index contributed by atoms with van der Waals surface area (Å²) in [6.45, 7) is 1.67. The first-order chi connectivity index (χ1) is 22.2. The number of phenolic OH excluding ortho intramolecular Hbond substituents is 1. The molecule has 0 spiro atoms. The molecule has 1 saturated carbocycles. The third-order valence-corrected chi connectivity index (χ3v) is 10.2. The average Bonchev–Trinajstić information content (AvgIpc) is 3.37. The number of unbranched alkanes of at least 4 members (excludes halogenated alkanes) is 2. The SMILES string of the molecule is C[C@@]12C(=O)N(c3ccccc3)C(=O)[C@@H]1C[C@@H]1C(=CC[C@@H]3C(=O)N(CCCCCC(=O)O)C(=O)[C@@H]31)[C@@H]2c1cc(OC(F)(F)F)ccc1O. The predicted molar refractivity (Wildman–Crippen MR) is 159 cm³/mol. The molecule has 47 heavy (non-hydrogen) atoms. The summed E-state index contributed by atoms with van der Waals surface area (Å²) in [7, 11) is 0. The minimum Gasteiger partial charge on any atom is -0.508 e. The molecule has 0 aromatic heterocycles. The molecule has 3 fully saturated rings. The van der Waals surface area contributed by atoms with Gasteiger partial charge in [0.2, 0.25) is 23.6 Å². The molecule has 2 aromatic carbocycles. The Morgan fingerprint density at radius 1 is 0.979 bits per heavy atom. The number of hydrogen-bond acceptors (Lipinski definition) is 7. The van der Waals surface area contributed by atoms with Gasteiger partial charge in [-0.2, -0.15) is 0 Å². The second kappa shape index (κ2) is 11.8. The number of halogens is 3. The fourth-order valence-corrected chi connectivity index (χ4v) is 8.15. The van der Waals surface area contributed by atoms with Crippen LogP contribution in [0.1, 0.15) is 56.9 Å². The summed E-state index contributed by atoms with van der Waals surface area (Å²) in [5.41, 5.74) is -0.806. The van der Waals surface area contributed by atoms with Crippen LogP contribution in [0.3, 0.4) is 0 Å². The zero-order chi connectivity index (χ0) is 33.8. The van der Waals surface area contributed by atoms with Crippen molar-refractivity contribution < 1.29 is 52.1 Å². The van der Waals surface area contributed by atoms with Gasteiger partial charge in [0.15, 0.2) is 0 Å². The molecule has 2 N–H and O–H groups in total. The van der Waals surface area contributed by atoms with Gasteiger partial charge < -0.3 is 14.9 Å². The highest BCUT2D eigenvalue weighted by atomic mass is 19.4. The average molecular weight is 655 g/mol. The van der Waals surface area contributed by atoms with Crippen LogP contribution in [0.4, 0.5) is 18.9 Å². The van der Waals surface area contributed by atoms with Crippen molar-refractivity contribution in [2.75, 3.05) is 11.4 Å². The highest BCUT2D eigenvalue weighted by Gasteiger charge is 2.68. The van der Waals surface area contributed by atoms with Crippen molar-refractivity contribution in [1.29, 1.82) is 0 Å². The maximum absolute atomic E-state index is 14.4. The Kier molecular flexibility index (Phi) is 8.13. The van der Waals surface area contributed by atoms with Gasteiger partial charge in [0.1, 0.15) is 11.5 Å². The van der Waals surface area contributed by atoms with Gasteiger partial charge in [-0.25, -0.2) is 4.90 Å². The molecule has 0 radical (unpaired) electrons. The van der Waals surface area contributed by atoms with Gasteiger partial charge in [0.25, 0.3) is 0 Å². The number of para-hydroxylation sites is 1. The number of carboxylic acids is 1. The summed E-state index contributed by atoms with van der Waals surface area (Å²) in [6, 6.07) is 11.2. The molecule has 2 heterocycles. The number of fused-ring (bicyclic) bond motifs is 4. The molecule has 2 aromatic rings. The van der Waals surface area contributed by atoms with Crippen molar-refractivity contribution in [3.8, 4) is 11.5 Å². The Morgan fingerprint density at radius 2 is 1.70 bits per heavy atom.